The summed E-state index contributed by atoms with van der Waals surface area (Å²) in [5, 5.41) is 4.21. The number of amides is 2. The molecule has 0 radical (unpaired) electrons. The number of carbonyl (C=O) groups is 2. The van der Waals surface area contributed by atoms with Crippen LogP contribution in [0.2, 0.25) is 0 Å². The predicted octanol–water partition coefficient (Wildman–Crippen LogP) is 2.46. The quantitative estimate of drug-likeness (QED) is 0.204. The van der Waals surface area contributed by atoms with Crippen LogP contribution in [0, 0.1) is 0 Å². The Morgan fingerprint density at radius 2 is 1.94 bits per heavy atom. The zero-order chi connectivity index (χ0) is 24.9. The summed E-state index contributed by atoms with van der Waals surface area (Å²) in [6.07, 6.45) is 0.627. The number of rotatable bonds is 12. The Labute approximate surface area is 204 Å². The van der Waals surface area contributed by atoms with E-state index in [2.05, 4.69) is 16.6 Å². The molecule has 0 spiro atoms. The van der Waals surface area contributed by atoms with Gasteiger partial charge in [0.05, 0.1) is 16.7 Å². The first-order valence-electron chi connectivity index (χ1n) is 10.9. The van der Waals surface area contributed by atoms with E-state index in [1.165, 1.54) is 11.8 Å². The van der Waals surface area contributed by atoms with Crippen molar-refractivity contribution in [2.24, 2.45) is 5.16 Å². The first kappa shape index (κ1) is 26.0. The summed E-state index contributed by atoms with van der Waals surface area (Å²) in [7, 11) is 0.0162. The fraction of sp³-hybridized carbons (Fsp3) is 0.435. The highest BCUT2D eigenvalue weighted by Crippen LogP contribution is 2.31. The Hall–Kier alpha value is -2.63. The third-order valence-corrected chi connectivity index (χ3v) is 8.59. The average Bonchev–Trinajstić information content (AvgIpc) is 3.08. The Morgan fingerprint density at radius 1 is 1.24 bits per heavy atom. The second-order valence-electron chi connectivity index (χ2n) is 8.12. The van der Waals surface area contributed by atoms with Crippen LogP contribution in [0.1, 0.15) is 19.8 Å². The molecular formula is C23H30N4O5S2. The van der Waals surface area contributed by atoms with E-state index >= 15 is 0 Å². The molecule has 1 aliphatic heterocycles. The van der Waals surface area contributed by atoms with Crippen LogP contribution in [0.25, 0.3) is 10.8 Å². The lowest BCUT2D eigenvalue weighted by Gasteiger charge is -2.20. The molecule has 2 amide bonds. The van der Waals surface area contributed by atoms with E-state index in [4.69, 9.17) is 4.84 Å². The monoisotopic (exact) mass is 506 g/mol. The number of oxime groups is 1. The van der Waals surface area contributed by atoms with Crippen molar-refractivity contribution in [2.75, 3.05) is 37.9 Å². The molecule has 184 valence electrons. The standard InChI is InChI=1S/C23H30N4O5S2/c1-5-16(15-33-20-14-22(28)27(23(20)29)12-13-32-24-2)25-34(30,31)21-11-7-8-17-18(21)9-6-10-19(17)26(3)4/h6-11,16,20,25H,2,5,12-15H2,1,3-4H3/t16-,20?/m1/s1. The number of likely N-dealkylation sites (tertiary alicyclic amines) is 1. The van der Waals surface area contributed by atoms with Crippen LogP contribution < -0.4 is 9.62 Å². The van der Waals surface area contributed by atoms with Crippen molar-refractivity contribution < 1.29 is 22.8 Å². The molecule has 0 aromatic heterocycles. The summed E-state index contributed by atoms with van der Waals surface area (Å²) in [6.45, 7) is 5.29. The number of nitrogens with zero attached hydrogens (tertiary/aromatic N) is 3. The summed E-state index contributed by atoms with van der Waals surface area (Å²) in [5.74, 6) is -0.187. The number of thioether (sulfide) groups is 1. The van der Waals surface area contributed by atoms with Gasteiger partial charge in [-0.1, -0.05) is 31.2 Å². The maximum atomic E-state index is 13.3. The minimum absolute atomic E-state index is 0.0881. The van der Waals surface area contributed by atoms with Crippen molar-refractivity contribution >= 4 is 56.8 Å². The van der Waals surface area contributed by atoms with E-state index in [1.54, 1.807) is 18.2 Å². The molecule has 3 rings (SSSR count). The Bertz CT molecular complexity index is 1170. The number of nitrogens with one attached hydrogen (secondary N) is 1. The van der Waals surface area contributed by atoms with Crippen LogP contribution in [0.4, 0.5) is 5.69 Å². The molecule has 2 atom stereocenters. The van der Waals surface area contributed by atoms with Gasteiger partial charge in [-0.25, -0.2) is 13.1 Å². The first-order chi connectivity index (χ1) is 16.2. The van der Waals surface area contributed by atoms with Crippen molar-refractivity contribution in [1.29, 1.82) is 0 Å². The lowest BCUT2D eigenvalue weighted by Crippen LogP contribution is -2.37. The molecule has 1 unspecified atom stereocenters. The zero-order valence-electron chi connectivity index (χ0n) is 19.6. The summed E-state index contributed by atoms with van der Waals surface area (Å²) in [4.78, 5) is 32.9. The maximum Gasteiger partial charge on any atom is 0.242 e. The van der Waals surface area contributed by atoms with Gasteiger partial charge in [-0.2, -0.15) is 0 Å². The summed E-state index contributed by atoms with van der Waals surface area (Å²) < 4.78 is 29.4. The molecule has 2 aromatic carbocycles. The van der Waals surface area contributed by atoms with Gasteiger partial charge in [0.25, 0.3) is 0 Å². The molecule has 0 bridgehead atoms. The lowest BCUT2D eigenvalue weighted by atomic mass is 10.1. The van der Waals surface area contributed by atoms with E-state index in [-0.39, 0.29) is 36.3 Å². The number of benzene rings is 2. The molecule has 1 saturated heterocycles. The van der Waals surface area contributed by atoms with Crippen molar-refractivity contribution in [2.45, 2.75) is 36.0 Å². The highest BCUT2D eigenvalue weighted by molar-refractivity contribution is 8.00. The first-order valence-corrected chi connectivity index (χ1v) is 13.5. The van der Waals surface area contributed by atoms with Gasteiger partial charge in [0.2, 0.25) is 21.8 Å². The molecule has 0 saturated carbocycles. The van der Waals surface area contributed by atoms with E-state index < -0.39 is 21.3 Å². The van der Waals surface area contributed by atoms with E-state index in [9.17, 15) is 18.0 Å². The topological polar surface area (TPSA) is 108 Å². The number of carbonyl (C=O) groups excluding carboxylic acids is 2. The number of fused-ring (bicyclic) bond motifs is 1. The van der Waals surface area contributed by atoms with Crippen LogP contribution in [-0.2, 0) is 24.4 Å². The Balaban J connectivity index is 1.71. The van der Waals surface area contributed by atoms with Gasteiger partial charge < -0.3 is 9.74 Å². The minimum Gasteiger partial charge on any atom is -0.394 e. The molecular weight excluding hydrogens is 476 g/mol. The molecule has 1 fully saturated rings. The predicted molar refractivity (Wildman–Crippen MR) is 136 cm³/mol. The zero-order valence-corrected chi connectivity index (χ0v) is 21.2. The minimum atomic E-state index is -3.81. The third-order valence-electron chi connectivity index (χ3n) is 5.64. The third kappa shape index (κ3) is 5.70. The summed E-state index contributed by atoms with van der Waals surface area (Å²) in [6, 6.07) is 10.4. The maximum absolute atomic E-state index is 13.3. The van der Waals surface area contributed by atoms with Gasteiger partial charge in [0.1, 0.15) is 6.61 Å². The van der Waals surface area contributed by atoms with Gasteiger partial charge in [0, 0.05) is 55.5 Å². The number of hydrogen-bond acceptors (Lipinski definition) is 8. The van der Waals surface area contributed by atoms with E-state index in [0.717, 1.165) is 16.0 Å². The second-order valence-corrected chi connectivity index (χ2v) is 11.0. The van der Waals surface area contributed by atoms with Crippen molar-refractivity contribution in [3.05, 3.63) is 36.4 Å². The normalized spacial score (nSPS) is 17.3. The SMILES string of the molecule is C=NOCCN1C(=O)CC(SC[C@@H](CC)NS(=O)(=O)c2cccc3c(N(C)C)cccc23)C1=O. The lowest BCUT2D eigenvalue weighted by molar-refractivity contribution is -0.139. The molecule has 34 heavy (non-hydrogen) atoms. The van der Waals surface area contributed by atoms with Gasteiger partial charge in [-0.15, -0.1) is 16.9 Å². The number of imide groups is 1. The summed E-state index contributed by atoms with van der Waals surface area (Å²) in [5.41, 5.74) is 0.931. The van der Waals surface area contributed by atoms with Crippen LogP contribution in [0.3, 0.4) is 0 Å². The van der Waals surface area contributed by atoms with Gasteiger partial charge in [-0.3, -0.25) is 14.5 Å². The van der Waals surface area contributed by atoms with Crippen molar-refractivity contribution in [1.82, 2.24) is 9.62 Å². The van der Waals surface area contributed by atoms with E-state index in [1.807, 2.05) is 44.1 Å². The highest BCUT2D eigenvalue weighted by atomic mass is 32.2. The van der Waals surface area contributed by atoms with Crippen LogP contribution in [-0.4, -0.2) is 76.1 Å². The van der Waals surface area contributed by atoms with Crippen LogP contribution in [0.15, 0.2) is 46.4 Å². The van der Waals surface area contributed by atoms with Gasteiger partial charge >= 0.3 is 0 Å². The largest absolute Gasteiger partial charge is 0.394 e. The van der Waals surface area contributed by atoms with Crippen molar-refractivity contribution in [3.8, 4) is 0 Å². The molecule has 9 nitrogen and oxygen atoms in total. The smallest absolute Gasteiger partial charge is 0.242 e. The highest BCUT2D eigenvalue weighted by Gasteiger charge is 2.39. The van der Waals surface area contributed by atoms with E-state index in [0.29, 0.717) is 17.6 Å². The molecule has 11 heteroatoms. The van der Waals surface area contributed by atoms with Gasteiger partial charge in [-0.05, 0) is 18.6 Å². The molecule has 1 aliphatic rings. The number of hydrogen-bond donors (Lipinski definition) is 1. The number of anilines is 1. The second kappa shape index (κ2) is 11.2. The molecule has 0 aliphatic carbocycles. The number of sulfonamides is 1. The van der Waals surface area contributed by atoms with Crippen LogP contribution in [0.5, 0.6) is 0 Å². The molecule has 1 heterocycles. The van der Waals surface area contributed by atoms with Crippen LogP contribution >= 0.6 is 11.8 Å². The fourth-order valence-corrected chi connectivity index (χ4v) is 6.81. The Morgan fingerprint density at radius 3 is 2.62 bits per heavy atom. The average molecular weight is 507 g/mol. The summed E-state index contributed by atoms with van der Waals surface area (Å²) >= 11 is 1.30. The van der Waals surface area contributed by atoms with Gasteiger partial charge in [0.15, 0.2) is 0 Å². The Kier molecular flexibility index (Phi) is 8.56. The molecule has 1 N–H and O–H groups in total. The van der Waals surface area contributed by atoms with Crippen molar-refractivity contribution in [3.63, 3.8) is 0 Å². The molecule has 2 aromatic rings. The fourth-order valence-electron chi connectivity index (χ4n) is 3.85.